The van der Waals surface area contributed by atoms with Crippen molar-refractivity contribution < 1.29 is 14.3 Å². The molecule has 0 fully saturated rings. The number of carboxylic acids is 1. The van der Waals surface area contributed by atoms with Crippen LogP contribution in [-0.2, 0) is 12.8 Å². The first-order valence-electron chi connectivity index (χ1n) is 6.92. The summed E-state index contributed by atoms with van der Waals surface area (Å²) in [4.78, 5) is 15.1. The van der Waals surface area contributed by atoms with Crippen molar-refractivity contribution in [2.24, 2.45) is 0 Å². The van der Waals surface area contributed by atoms with E-state index in [2.05, 4.69) is 16.4 Å². The fourth-order valence-electron chi connectivity index (χ4n) is 2.73. The summed E-state index contributed by atoms with van der Waals surface area (Å²) >= 11 is 0. The highest BCUT2D eigenvalue weighted by Crippen LogP contribution is 2.30. The van der Waals surface area contributed by atoms with Crippen molar-refractivity contribution in [3.05, 3.63) is 53.0 Å². The SMILES string of the molecule is O=C(O)c1cc(F)cnc1Nc1cccc2c1CCCC2. The Morgan fingerprint density at radius 3 is 2.90 bits per heavy atom. The summed E-state index contributed by atoms with van der Waals surface area (Å²) in [5.74, 6) is -1.69. The predicted octanol–water partition coefficient (Wildman–Crippen LogP) is 3.54. The molecule has 0 aliphatic heterocycles. The fourth-order valence-corrected chi connectivity index (χ4v) is 2.73. The smallest absolute Gasteiger partial charge is 0.339 e. The van der Waals surface area contributed by atoms with Crippen LogP contribution in [0.25, 0.3) is 0 Å². The number of hydrogen-bond donors (Lipinski definition) is 2. The normalized spacial score (nSPS) is 13.6. The van der Waals surface area contributed by atoms with E-state index in [1.165, 1.54) is 17.5 Å². The molecule has 0 radical (unpaired) electrons. The Morgan fingerprint density at radius 2 is 2.10 bits per heavy atom. The van der Waals surface area contributed by atoms with Crippen LogP contribution >= 0.6 is 0 Å². The maximum absolute atomic E-state index is 13.2. The van der Waals surface area contributed by atoms with Crippen molar-refractivity contribution in [2.45, 2.75) is 25.7 Å². The molecule has 1 aliphatic carbocycles. The van der Waals surface area contributed by atoms with Crippen molar-refractivity contribution >= 4 is 17.5 Å². The molecule has 108 valence electrons. The van der Waals surface area contributed by atoms with Gasteiger partial charge in [-0.2, -0.15) is 0 Å². The molecule has 4 nitrogen and oxygen atoms in total. The highest BCUT2D eigenvalue weighted by molar-refractivity contribution is 5.94. The van der Waals surface area contributed by atoms with Gasteiger partial charge in [0.15, 0.2) is 0 Å². The lowest BCUT2D eigenvalue weighted by atomic mass is 9.90. The molecular weight excluding hydrogens is 271 g/mol. The van der Waals surface area contributed by atoms with Crippen molar-refractivity contribution in [1.29, 1.82) is 0 Å². The minimum atomic E-state index is -1.20. The van der Waals surface area contributed by atoms with Gasteiger partial charge in [0.2, 0.25) is 0 Å². The summed E-state index contributed by atoms with van der Waals surface area (Å²) in [7, 11) is 0. The Kier molecular flexibility index (Phi) is 3.56. The molecule has 5 heteroatoms. The molecule has 2 aromatic rings. The molecule has 0 bridgehead atoms. The van der Waals surface area contributed by atoms with E-state index in [9.17, 15) is 9.18 Å². The molecule has 1 aromatic heterocycles. The van der Waals surface area contributed by atoms with Gasteiger partial charge >= 0.3 is 5.97 Å². The zero-order chi connectivity index (χ0) is 14.8. The van der Waals surface area contributed by atoms with E-state index in [4.69, 9.17) is 5.11 Å². The van der Waals surface area contributed by atoms with Crippen LogP contribution in [0.3, 0.4) is 0 Å². The number of pyridine rings is 1. The molecule has 1 aromatic carbocycles. The molecule has 1 aliphatic rings. The number of carboxylic acid groups (broad SMARTS) is 1. The van der Waals surface area contributed by atoms with Crippen molar-refractivity contribution in [1.82, 2.24) is 4.98 Å². The van der Waals surface area contributed by atoms with Gasteiger partial charge in [0.1, 0.15) is 17.2 Å². The van der Waals surface area contributed by atoms with E-state index >= 15 is 0 Å². The third-order valence-electron chi connectivity index (χ3n) is 3.73. The summed E-state index contributed by atoms with van der Waals surface area (Å²) in [6.07, 6.45) is 5.31. The second-order valence-electron chi connectivity index (χ2n) is 5.13. The molecule has 3 rings (SSSR count). The summed E-state index contributed by atoms with van der Waals surface area (Å²) < 4.78 is 13.2. The summed E-state index contributed by atoms with van der Waals surface area (Å²) in [6.45, 7) is 0. The van der Waals surface area contributed by atoms with Gasteiger partial charge in [-0.3, -0.25) is 0 Å². The first-order valence-corrected chi connectivity index (χ1v) is 6.92. The molecular formula is C16H15FN2O2. The number of nitrogens with zero attached hydrogens (tertiary/aromatic N) is 1. The number of anilines is 2. The van der Waals surface area contributed by atoms with Crippen LogP contribution in [0.1, 0.15) is 34.3 Å². The molecule has 2 N–H and O–H groups in total. The number of nitrogens with one attached hydrogen (secondary N) is 1. The van der Waals surface area contributed by atoms with Crippen LogP contribution < -0.4 is 5.32 Å². The zero-order valence-corrected chi connectivity index (χ0v) is 11.4. The van der Waals surface area contributed by atoms with E-state index in [-0.39, 0.29) is 11.4 Å². The lowest BCUT2D eigenvalue weighted by Crippen LogP contribution is -2.09. The number of aromatic nitrogens is 1. The van der Waals surface area contributed by atoms with Crippen LogP contribution in [0.2, 0.25) is 0 Å². The number of rotatable bonds is 3. The van der Waals surface area contributed by atoms with Crippen LogP contribution in [0, 0.1) is 5.82 Å². The first-order chi connectivity index (χ1) is 10.1. The third-order valence-corrected chi connectivity index (χ3v) is 3.73. The summed E-state index contributed by atoms with van der Waals surface area (Å²) in [5, 5.41) is 12.2. The number of aromatic carboxylic acids is 1. The number of hydrogen-bond acceptors (Lipinski definition) is 3. The van der Waals surface area contributed by atoms with Crippen molar-refractivity contribution in [3.8, 4) is 0 Å². The van der Waals surface area contributed by atoms with Crippen LogP contribution in [-0.4, -0.2) is 16.1 Å². The summed E-state index contributed by atoms with van der Waals surface area (Å²) in [6, 6.07) is 6.92. The molecule has 0 atom stereocenters. The van der Waals surface area contributed by atoms with Gasteiger partial charge in [-0.15, -0.1) is 0 Å². The van der Waals surface area contributed by atoms with Gasteiger partial charge in [0, 0.05) is 5.69 Å². The minimum absolute atomic E-state index is 0.164. The molecule has 0 saturated heterocycles. The van der Waals surface area contributed by atoms with E-state index in [0.717, 1.165) is 37.2 Å². The largest absolute Gasteiger partial charge is 0.478 e. The van der Waals surface area contributed by atoms with Crippen molar-refractivity contribution in [3.63, 3.8) is 0 Å². The number of halogens is 1. The molecule has 21 heavy (non-hydrogen) atoms. The lowest BCUT2D eigenvalue weighted by Gasteiger charge is -2.20. The maximum Gasteiger partial charge on any atom is 0.339 e. The van der Waals surface area contributed by atoms with Gasteiger partial charge in [0.05, 0.1) is 6.20 Å². The van der Waals surface area contributed by atoms with Gasteiger partial charge in [-0.25, -0.2) is 14.2 Å². The van der Waals surface area contributed by atoms with Crippen LogP contribution in [0.15, 0.2) is 30.5 Å². The Labute approximate surface area is 121 Å². The monoisotopic (exact) mass is 286 g/mol. The van der Waals surface area contributed by atoms with Gasteiger partial charge < -0.3 is 10.4 Å². The van der Waals surface area contributed by atoms with Gasteiger partial charge in [0.25, 0.3) is 0 Å². The Morgan fingerprint density at radius 1 is 1.29 bits per heavy atom. The average Bonchev–Trinajstić information content (AvgIpc) is 2.49. The maximum atomic E-state index is 13.2. The third kappa shape index (κ3) is 2.72. The quantitative estimate of drug-likeness (QED) is 0.906. The topological polar surface area (TPSA) is 62.2 Å². The van der Waals surface area contributed by atoms with Crippen molar-refractivity contribution in [2.75, 3.05) is 5.32 Å². The van der Waals surface area contributed by atoms with E-state index in [1.54, 1.807) is 0 Å². The highest BCUT2D eigenvalue weighted by Gasteiger charge is 2.17. The number of aryl methyl sites for hydroxylation is 1. The summed E-state index contributed by atoms with van der Waals surface area (Å²) in [5.41, 5.74) is 3.17. The molecule has 0 amide bonds. The molecule has 1 heterocycles. The Bertz CT molecular complexity index is 701. The predicted molar refractivity (Wildman–Crippen MR) is 77.5 cm³/mol. The average molecular weight is 286 g/mol. The van der Waals surface area contributed by atoms with E-state index in [1.807, 2.05) is 12.1 Å². The second-order valence-corrected chi connectivity index (χ2v) is 5.13. The molecule has 0 spiro atoms. The van der Waals surface area contributed by atoms with Gasteiger partial charge in [-0.1, -0.05) is 12.1 Å². The number of benzene rings is 1. The first kappa shape index (κ1) is 13.5. The second kappa shape index (κ2) is 5.52. The van der Waals surface area contributed by atoms with E-state index in [0.29, 0.717) is 0 Å². The highest BCUT2D eigenvalue weighted by atomic mass is 19.1. The lowest BCUT2D eigenvalue weighted by molar-refractivity contribution is 0.0697. The number of fused-ring (bicyclic) bond motifs is 1. The zero-order valence-electron chi connectivity index (χ0n) is 11.4. The fraction of sp³-hybridized carbons (Fsp3) is 0.250. The number of carbonyl (C=O) groups is 1. The van der Waals surface area contributed by atoms with E-state index < -0.39 is 11.8 Å². The Hall–Kier alpha value is -2.43. The minimum Gasteiger partial charge on any atom is -0.478 e. The van der Waals surface area contributed by atoms with Crippen LogP contribution in [0.4, 0.5) is 15.9 Å². The molecule has 0 unspecified atom stereocenters. The standard InChI is InChI=1S/C16H15FN2O2/c17-11-8-13(16(20)21)15(18-9-11)19-14-7-3-5-10-4-1-2-6-12(10)14/h3,5,7-9H,1-2,4,6H2,(H,18,19)(H,20,21). The van der Waals surface area contributed by atoms with Crippen LogP contribution in [0.5, 0.6) is 0 Å². The van der Waals surface area contributed by atoms with Gasteiger partial charge in [-0.05, 0) is 48.9 Å². The molecule has 0 saturated carbocycles. The Balaban J connectivity index is 2.00.